The summed E-state index contributed by atoms with van der Waals surface area (Å²) in [4.78, 5) is 43.7. The number of aromatic amines is 3. The number of fused-ring (bicyclic) bond motifs is 11. The zero-order valence-corrected chi connectivity index (χ0v) is 34.1. The van der Waals surface area contributed by atoms with Crippen molar-refractivity contribution in [1.29, 1.82) is 0 Å². The smallest absolute Gasteiger partial charge is 0.268 e. The van der Waals surface area contributed by atoms with Crippen LogP contribution in [-0.4, -0.2) is 92.7 Å². The van der Waals surface area contributed by atoms with Gasteiger partial charge in [0.1, 0.15) is 40.6 Å². The van der Waals surface area contributed by atoms with E-state index in [4.69, 9.17) is 9.47 Å². The first-order valence-corrected chi connectivity index (χ1v) is 20.3. The number of hydrogen-bond acceptors (Lipinski definition) is 9. The lowest BCUT2D eigenvalue weighted by atomic mass is 10.0. The Hall–Kier alpha value is -7.32. The Kier molecular flexibility index (Phi) is 10.5. The molecule has 0 saturated carbocycles. The third kappa shape index (κ3) is 7.57. The number of phenols is 1. The number of aliphatic imine (C=N–C) groups is 1. The minimum Gasteiger partial charge on any atom is -0.508 e. The van der Waals surface area contributed by atoms with Gasteiger partial charge in [-0.15, -0.1) is 0 Å². The van der Waals surface area contributed by atoms with Crippen molar-refractivity contribution in [3.8, 4) is 17.2 Å². The normalized spacial score (nSPS) is 16.0. The Morgan fingerprint density at radius 2 is 1.33 bits per heavy atom. The average molecular weight is 819 g/mol. The van der Waals surface area contributed by atoms with Crippen LogP contribution in [0.5, 0.6) is 17.2 Å². The molecular weight excluding hydrogens is 773 g/mol. The van der Waals surface area contributed by atoms with E-state index >= 15 is 0 Å². The second-order valence-electron chi connectivity index (χ2n) is 15.3. The van der Waals surface area contributed by atoms with E-state index in [2.05, 4.69) is 52.6 Å². The van der Waals surface area contributed by atoms with Gasteiger partial charge in [0.2, 0.25) is 0 Å². The first-order valence-electron chi connectivity index (χ1n) is 20.3. The van der Waals surface area contributed by atoms with Crippen molar-refractivity contribution in [1.82, 2.24) is 35.5 Å². The number of aromatic nitrogens is 4. The summed E-state index contributed by atoms with van der Waals surface area (Å²) >= 11 is 0. The SMILES string of the molecule is COc1ccc2c(c1)[nH]c1c(C)nccc12.COc1ccc2c3c([nH]c2c1)C(=O)NCC3.O=C1NCCc2c1[nH]c1cc(O)ccc21.OC1CCN2Cc3ccccc3N=C12. The summed E-state index contributed by atoms with van der Waals surface area (Å²) in [7, 11) is 3.31. The maximum atomic E-state index is 11.6. The molecule has 2 amide bonds. The molecule has 4 aliphatic rings. The van der Waals surface area contributed by atoms with Crippen LogP contribution in [0.25, 0.3) is 43.6 Å². The van der Waals surface area contributed by atoms with Crippen LogP contribution in [0.3, 0.4) is 0 Å². The van der Waals surface area contributed by atoms with Crippen molar-refractivity contribution in [2.75, 3.05) is 33.9 Å². The van der Waals surface area contributed by atoms with Gasteiger partial charge in [-0.25, -0.2) is 4.99 Å². The van der Waals surface area contributed by atoms with Crippen LogP contribution in [-0.2, 0) is 19.4 Å². The number of hydrogen-bond donors (Lipinski definition) is 7. The van der Waals surface area contributed by atoms with Gasteiger partial charge in [0.25, 0.3) is 11.8 Å². The molecule has 4 aromatic carbocycles. The van der Waals surface area contributed by atoms with Gasteiger partial charge in [0.15, 0.2) is 0 Å². The number of para-hydroxylation sites is 1. The average Bonchev–Trinajstić information content (AvgIpc) is 4.06. The number of aryl methyl sites for hydroxylation is 1. The number of phenolic OH excluding ortho intramolecular Hbond substituents is 1. The molecule has 1 atom stereocenters. The van der Waals surface area contributed by atoms with E-state index in [9.17, 15) is 19.8 Å². The predicted molar refractivity (Wildman–Crippen MR) is 236 cm³/mol. The molecule has 8 aromatic rings. The highest BCUT2D eigenvalue weighted by Crippen LogP contribution is 2.32. The summed E-state index contributed by atoms with van der Waals surface area (Å²) < 4.78 is 10.4. The zero-order valence-electron chi connectivity index (χ0n) is 34.1. The summed E-state index contributed by atoms with van der Waals surface area (Å²) in [6, 6.07) is 27.2. The summed E-state index contributed by atoms with van der Waals surface area (Å²) in [5.41, 5.74) is 10.7. The highest BCUT2D eigenvalue weighted by Gasteiger charge is 2.31. The van der Waals surface area contributed by atoms with Crippen LogP contribution in [0.15, 0.2) is 96.1 Å². The number of amidine groups is 1. The molecule has 14 heteroatoms. The molecule has 1 fully saturated rings. The minimum atomic E-state index is -0.358. The molecule has 0 spiro atoms. The lowest BCUT2D eigenvalue weighted by molar-refractivity contribution is 0.0933. The van der Waals surface area contributed by atoms with Crippen LogP contribution >= 0.6 is 0 Å². The Labute approximate surface area is 350 Å². The van der Waals surface area contributed by atoms with Gasteiger partial charge in [-0.1, -0.05) is 18.2 Å². The van der Waals surface area contributed by atoms with Gasteiger partial charge in [-0.3, -0.25) is 14.6 Å². The zero-order chi connectivity index (χ0) is 42.2. The molecule has 12 rings (SSSR count). The molecule has 61 heavy (non-hydrogen) atoms. The van der Waals surface area contributed by atoms with Crippen LogP contribution in [0, 0.1) is 6.92 Å². The summed E-state index contributed by atoms with van der Waals surface area (Å²) in [6.07, 6.45) is 4.02. The predicted octanol–water partition coefficient (Wildman–Crippen LogP) is 6.95. The fourth-order valence-electron chi connectivity index (χ4n) is 8.48. The van der Waals surface area contributed by atoms with E-state index in [0.29, 0.717) is 24.5 Å². The number of amides is 2. The number of aliphatic hydroxyl groups is 1. The third-order valence-corrected chi connectivity index (χ3v) is 11.6. The monoisotopic (exact) mass is 818 g/mol. The van der Waals surface area contributed by atoms with E-state index in [0.717, 1.165) is 105 Å². The largest absolute Gasteiger partial charge is 0.508 e. The fourth-order valence-corrected chi connectivity index (χ4v) is 8.48. The van der Waals surface area contributed by atoms with Gasteiger partial charge in [-0.2, -0.15) is 0 Å². The Morgan fingerprint density at radius 1 is 0.721 bits per heavy atom. The highest BCUT2D eigenvalue weighted by atomic mass is 16.5. The van der Waals surface area contributed by atoms with E-state index in [1.165, 1.54) is 16.3 Å². The van der Waals surface area contributed by atoms with Crippen molar-refractivity contribution >= 4 is 66.9 Å². The van der Waals surface area contributed by atoms with Gasteiger partial charge < -0.3 is 50.2 Å². The molecule has 0 bridgehead atoms. The van der Waals surface area contributed by atoms with E-state index < -0.39 is 0 Å². The number of nitrogens with zero attached hydrogens (tertiary/aromatic N) is 3. The van der Waals surface area contributed by atoms with Crippen LogP contribution in [0.4, 0.5) is 5.69 Å². The van der Waals surface area contributed by atoms with Crippen molar-refractivity contribution in [3.63, 3.8) is 0 Å². The number of aromatic hydroxyl groups is 1. The maximum Gasteiger partial charge on any atom is 0.268 e. The number of H-pyrrole nitrogens is 3. The number of nitrogens with one attached hydrogen (secondary N) is 5. The van der Waals surface area contributed by atoms with Crippen LogP contribution in [0.1, 0.15) is 49.8 Å². The Morgan fingerprint density at radius 3 is 2.00 bits per heavy atom. The maximum absolute atomic E-state index is 11.6. The molecular formula is C47H46N8O6. The van der Waals surface area contributed by atoms with Gasteiger partial charge >= 0.3 is 0 Å². The van der Waals surface area contributed by atoms with Crippen molar-refractivity contribution < 1.29 is 29.3 Å². The van der Waals surface area contributed by atoms with Crippen molar-refractivity contribution in [3.05, 3.63) is 125 Å². The number of carbonyl (C=O) groups excluding carboxylic acids is 2. The Bertz CT molecular complexity index is 3000. The summed E-state index contributed by atoms with van der Waals surface area (Å²) in [5, 5.41) is 29.2. The second kappa shape index (κ2) is 16.4. The number of methoxy groups -OCH3 is 2. The van der Waals surface area contributed by atoms with E-state index in [1.807, 2.05) is 73.8 Å². The molecule has 310 valence electrons. The van der Waals surface area contributed by atoms with Gasteiger partial charge in [-0.05, 0) is 91.4 Å². The lowest BCUT2D eigenvalue weighted by Crippen LogP contribution is -2.31. The molecule has 14 nitrogen and oxygen atoms in total. The molecule has 0 aliphatic carbocycles. The molecule has 8 heterocycles. The lowest BCUT2D eigenvalue weighted by Gasteiger charge is -2.25. The number of ether oxygens (including phenoxy) is 2. The molecule has 0 radical (unpaired) electrons. The molecule has 4 aliphatic heterocycles. The van der Waals surface area contributed by atoms with Crippen molar-refractivity contribution in [2.24, 2.45) is 4.99 Å². The van der Waals surface area contributed by atoms with Gasteiger partial charge in [0, 0.05) is 83.2 Å². The minimum absolute atomic E-state index is 0.0172. The number of benzene rings is 4. The molecule has 1 saturated heterocycles. The standard InChI is InChI=1S/C13H12N2O.C12H12N2O2.C11H10N2O2.C11H12N2O/c1-8-13-11(5-6-14-8)10-4-3-9(16-2)7-12(10)15-13;1-16-7-2-3-8-9-4-5-13-12(15)11(9)14-10(8)6-7;14-6-1-2-7-8-3-4-12-11(15)10(8)13-9(7)5-6;14-10-5-6-13-7-8-3-1-2-4-9(8)12-11(10)13/h3-7,15H,1-2H3;2-3,6,14H,4-5H2,1H3,(H,13,15);1-2,5,13-14H,3-4H2,(H,12,15);1-4,10,14H,5-7H2. The topological polar surface area (TPSA) is 193 Å². The molecule has 1 unspecified atom stereocenters. The van der Waals surface area contributed by atoms with Crippen LogP contribution in [0.2, 0.25) is 0 Å². The fraction of sp³-hybridized carbons (Fsp3) is 0.234. The molecule has 7 N–H and O–H groups in total. The van der Waals surface area contributed by atoms with E-state index in [1.54, 1.807) is 26.4 Å². The quantitative estimate of drug-likeness (QED) is 0.0974. The number of carbonyl (C=O) groups is 2. The van der Waals surface area contributed by atoms with Crippen molar-refractivity contribution in [2.45, 2.75) is 38.8 Å². The number of rotatable bonds is 2. The Balaban J connectivity index is 0.000000104. The van der Waals surface area contributed by atoms with Crippen LogP contribution < -0.4 is 20.1 Å². The van der Waals surface area contributed by atoms with E-state index in [-0.39, 0.29) is 23.7 Å². The second-order valence-corrected chi connectivity index (χ2v) is 15.3. The number of pyridine rings is 1. The summed E-state index contributed by atoms with van der Waals surface area (Å²) in [6.45, 7) is 5.22. The third-order valence-electron chi connectivity index (χ3n) is 11.6. The summed E-state index contributed by atoms with van der Waals surface area (Å²) in [5.74, 6) is 2.64. The first-order chi connectivity index (χ1) is 29.7. The van der Waals surface area contributed by atoms with Gasteiger partial charge in [0.05, 0.1) is 36.6 Å². The molecule has 4 aromatic heterocycles. The number of aliphatic hydroxyl groups excluding tert-OH is 1. The highest BCUT2D eigenvalue weighted by molar-refractivity contribution is 6.08. The first kappa shape index (κ1) is 39.2.